The van der Waals surface area contributed by atoms with Crippen LogP contribution < -0.4 is 11.2 Å². The van der Waals surface area contributed by atoms with Gasteiger partial charge in [0.05, 0.1) is 0 Å². The summed E-state index contributed by atoms with van der Waals surface area (Å²) in [5.41, 5.74) is 8.85. The molecule has 11 heavy (non-hydrogen) atoms. The minimum atomic E-state index is 0.421. The van der Waals surface area contributed by atoms with E-state index in [0.29, 0.717) is 18.5 Å². The third-order valence-corrected chi connectivity index (χ3v) is 1.48. The van der Waals surface area contributed by atoms with Crippen LogP contribution in [0.4, 0.5) is 0 Å². The molecule has 1 unspecified atom stereocenters. The number of nitrogens with one attached hydrogen (secondary N) is 1. The zero-order chi connectivity index (χ0) is 8.85. The fourth-order valence-corrected chi connectivity index (χ4v) is 1.14. The molecule has 0 fully saturated rings. The van der Waals surface area contributed by atoms with Gasteiger partial charge in [0.15, 0.2) is 0 Å². The second kappa shape index (κ2) is 5.52. The minimum Gasteiger partial charge on any atom is -0.329 e. The van der Waals surface area contributed by atoms with Gasteiger partial charge in [-0.2, -0.15) is 0 Å². The molecule has 3 N–H and O–H groups in total. The molecule has 0 aliphatic heterocycles. The Morgan fingerprint density at radius 3 is 2.18 bits per heavy atom. The van der Waals surface area contributed by atoms with Crippen LogP contribution >= 0.6 is 0 Å². The highest BCUT2D eigenvalue weighted by Gasteiger charge is 2.08. The maximum absolute atomic E-state index is 5.58. The highest BCUT2D eigenvalue weighted by Crippen LogP contribution is 2.03. The topological polar surface area (TPSA) is 41.3 Å². The first-order valence-electron chi connectivity index (χ1n) is 4.19. The standard InChI is InChI=1S/C8H21N3/c1-7(2)5-8(6-9)10-11(3)4/h7-8,10H,5-6,9H2,1-4H3. The zero-order valence-electron chi connectivity index (χ0n) is 8.09. The van der Waals surface area contributed by atoms with Crippen molar-refractivity contribution in [2.24, 2.45) is 11.7 Å². The van der Waals surface area contributed by atoms with Crippen LogP contribution in [0.5, 0.6) is 0 Å². The van der Waals surface area contributed by atoms with E-state index in [1.807, 2.05) is 19.1 Å². The van der Waals surface area contributed by atoms with Gasteiger partial charge < -0.3 is 5.73 Å². The third kappa shape index (κ3) is 6.28. The van der Waals surface area contributed by atoms with Crippen LogP contribution in [0.15, 0.2) is 0 Å². The number of rotatable bonds is 5. The molecule has 0 spiro atoms. The van der Waals surface area contributed by atoms with Crippen LogP contribution in [0.1, 0.15) is 20.3 Å². The molecule has 68 valence electrons. The summed E-state index contributed by atoms with van der Waals surface area (Å²) >= 11 is 0. The monoisotopic (exact) mass is 159 g/mol. The molecule has 0 heterocycles. The van der Waals surface area contributed by atoms with Gasteiger partial charge in [-0.25, -0.2) is 0 Å². The molecule has 0 aromatic heterocycles. The Kier molecular flexibility index (Phi) is 5.46. The van der Waals surface area contributed by atoms with E-state index >= 15 is 0 Å². The third-order valence-electron chi connectivity index (χ3n) is 1.48. The van der Waals surface area contributed by atoms with Gasteiger partial charge in [-0.3, -0.25) is 10.4 Å². The van der Waals surface area contributed by atoms with Crippen LogP contribution in [-0.4, -0.2) is 31.7 Å². The van der Waals surface area contributed by atoms with Crippen molar-refractivity contribution >= 4 is 0 Å². The van der Waals surface area contributed by atoms with Crippen molar-refractivity contribution < 1.29 is 0 Å². The summed E-state index contributed by atoms with van der Waals surface area (Å²) in [4.78, 5) is 0. The van der Waals surface area contributed by atoms with Gasteiger partial charge in [0, 0.05) is 26.7 Å². The fourth-order valence-electron chi connectivity index (χ4n) is 1.14. The molecule has 0 saturated heterocycles. The molecule has 0 aromatic rings. The van der Waals surface area contributed by atoms with Gasteiger partial charge in [-0.15, -0.1) is 0 Å². The van der Waals surface area contributed by atoms with Gasteiger partial charge in [-0.05, 0) is 12.3 Å². The number of hydrazine groups is 1. The molecule has 0 saturated carbocycles. The largest absolute Gasteiger partial charge is 0.329 e. The second-order valence-electron chi connectivity index (χ2n) is 3.59. The second-order valence-corrected chi connectivity index (χ2v) is 3.59. The summed E-state index contributed by atoms with van der Waals surface area (Å²) in [5.74, 6) is 0.705. The number of nitrogens with two attached hydrogens (primary N) is 1. The Bertz CT molecular complexity index is 81.3. The van der Waals surface area contributed by atoms with E-state index < -0.39 is 0 Å². The Labute approximate surface area is 69.9 Å². The first kappa shape index (κ1) is 10.9. The molecule has 0 aromatic carbocycles. The van der Waals surface area contributed by atoms with E-state index in [0.717, 1.165) is 6.42 Å². The molecule has 0 radical (unpaired) electrons. The smallest absolute Gasteiger partial charge is 0.0340 e. The van der Waals surface area contributed by atoms with Gasteiger partial charge in [-0.1, -0.05) is 13.8 Å². The van der Waals surface area contributed by atoms with Crippen LogP contribution in [0.2, 0.25) is 0 Å². The van der Waals surface area contributed by atoms with E-state index in [1.54, 1.807) is 0 Å². The van der Waals surface area contributed by atoms with Gasteiger partial charge in [0.1, 0.15) is 0 Å². The summed E-state index contributed by atoms with van der Waals surface area (Å²) < 4.78 is 0. The predicted octanol–water partition coefficient (Wildman–Crippen LogP) is 0.426. The quantitative estimate of drug-likeness (QED) is 0.571. The number of nitrogens with zero attached hydrogens (tertiary/aromatic N) is 1. The molecule has 3 nitrogen and oxygen atoms in total. The van der Waals surface area contributed by atoms with Crippen LogP contribution in [0.25, 0.3) is 0 Å². The van der Waals surface area contributed by atoms with Crippen molar-refractivity contribution in [1.82, 2.24) is 10.4 Å². The van der Waals surface area contributed by atoms with E-state index in [9.17, 15) is 0 Å². The molecule has 0 amide bonds. The first-order valence-corrected chi connectivity index (χ1v) is 4.19. The van der Waals surface area contributed by atoms with Crippen molar-refractivity contribution in [3.63, 3.8) is 0 Å². The van der Waals surface area contributed by atoms with Crippen LogP contribution in [0, 0.1) is 5.92 Å². The summed E-state index contributed by atoms with van der Waals surface area (Å²) in [6, 6.07) is 0.421. The van der Waals surface area contributed by atoms with E-state index in [4.69, 9.17) is 5.73 Å². The normalized spacial score (nSPS) is 14.5. The maximum atomic E-state index is 5.58. The minimum absolute atomic E-state index is 0.421. The fraction of sp³-hybridized carbons (Fsp3) is 1.00. The first-order chi connectivity index (χ1) is 5.06. The highest BCUT2D eigenvalue weighted by atomic mass is 15.5. The molecule has 0 aliphatic rings. The lowest BCUT2D eigenvalue weighted by Gasteiger charge is -2.22. The molecular formula is C8H21N3. The SMILES string of the molecule is CC(C)CC(CN)NN(C)C. The Morgan fingerprint density at radius 2 is 1.91 bits per heavy atom. The van der Waals surface area contributed by atoms with E-state index in [-0.39, 0.29) is 0 Å². The van der Waals surface area contributed by atoms with Gasteiger partial charge in [0.2, 0.25) is 0 Å². The van der Waals surface area contributed by atoms with Crippen molar-refractivity contribution in [3.05, 3.63) is 0 Å². The molecule has 0 bridgehead atoms. The molecular weight excluding hydrogens is 138 g/mol. The Morgan fingerprint density at radius 1 is 1.36 bits per heavy atom. The lowest BCUT2D eigenvalue weighted by atomic mass is 10.0. The summed E-state index contributed by atoms with van der Waals surface area (Å²) in [6.07, 6.45) is 1.13. The maximum Gasteiger partial charge on any atom is 0.0340 e. The summed E-state index contributed by atoms with van der Waals surface area (Å²) in [5, 5.41) is 1.96. The van der Waals surface area contributed by atoms with Crippen LogP contribution in [0.3, 0.4) is 0 Å². The number of hydrogen-bond acceptors (Lipinski definition) is 3. The van der Waals surface area contributed by atoms with Crippen molar-refractivity contribution in [2.75, 3.05) is 20.6 Å². The number of hydrogen-bond donors (Lipinski definition) is 2. The van der Waals surface area contributed by atoms with E-state index in [1.165, 1.54) is 0 Å². The molecule has 0 rings (SSSR count). The highest BCUT2D eigenvalue weighted by molar-refractivity contribution is 4.66. The lowest BCUT2D eigenvalue weighted by Crippen LogP contribution is -2.44. The Hall–Kier alpha value is -0.120. The molecule has 3 heteroatoms. The zero-order valence-corrected chi connectivity index (χ0v) is 8.09. The van der Waals surface area contributed by atoms with Crippen molar-refractivity contribution in [1.29, 1.82) is 0 Å². The lowest BCUT2D eigenvalue weighted by molar-refractivity contribution is 0.225. The van der Waals surface area contributed by atoms with Crippen LogP contribution in [-0.2, 0) is 0 Å². The van der Waals surface area contributed by atoms with Gasteiger partial charge >= 0.3 is 0 Å². The molecule has 1 atom stereocenters. The summed E-state index contributed by atoms with van der Waals surface area (Å²) in [6.45, 7) is 5.12. The summed E-state index contributed by atoms with van der Waals surface area (Å²) in [7, 11) is 3.98. The van der Waals surface area contributed by atoms with Crippen molar-refractivity contribution in [2.45, 2.75) is 26.3 Å². The Balaban J connectivity index is 3.58. The average molecular weight is 159 g/mol. The van der Waals surface area contributed by atoms with Crippen molar-refractivity contribution in [3.8, 4) is 0 Å². The predicted molar refractivity (Wildman–Crippen MR) is 49.1 cm³/mol. The molecule has 0 aliphatic carbocycles. The van der Waals surface area contributed by atoms with Gasteiger partial charge in [0.25, 0.3) is 0 Å². The van der Waals surface area contributed by atoms with E-state index in [2.05, 4.69) is 19.3 Å². The average Bonchev–Trinajstić information content (AvgIpc) is 1.84.